The zero-order valence-corrected chi connectivity index (χ0v) is 10.8. The van der Waals surface area contributed by atoms with Crippen molar-refractivity contribution < 1.29 is 9.53 Å². The number of esters is 1. The first-order valence-electron chi connectivity index (χ1n) is 5.19. The summed E-state index contributed by atoms with van der Waals surface area (Å²) in [6, 6.07) is 0. The molecule has 1 heterocycles. The summed E-state index contributed by atoms with van der Waals surface area (Å²) in [5.41, 5.74) is 0.429. The van der Waals surface area contributed by atoms with Crippen LogP contribution >= 0.6 is 11.6 Å². The van der Waals surface area contributed by atoms with E-state index in [1.807, 2.05) is 27.7 Å². The Bertz CT molecular complexity index is 380. The summed E-state index contributed by atoms with van der Waals surface area (Å²) in [5.74, 6) is -0.224. The Labute approximate surface area is 101 Å². The SMILES string of the molecule is Cc1c(Cl)cnn1CCC(=O)OC(C)(C)C. The van der Waals surface area contributed by atoms with Gasteiger partial charge in [0.25, 0.3) is 0 Å². The molecule has 5 heteroatoms. The van der Waals surface area contributed by atoms with Gasteiger partial charge in [0, 0.05) is 0 Å². The van der Waals surface area contributed by atoms with E-state index < -0.39 is 5.60 Å². The highest BCUT2D eigenvalue weighted by atomic mass is 35.5. The summed E-state index contributed by atoms with van der Waals surface area (Å²) >= 11 is 5.85. The Morgan fingerprint density at radius 1 is 1.56 bits per heavy atom. The third-order valence-electron chi connectivity index (χ3n) is 1.99. The van der Waals surface area contributed by atoms with E-state index in [2.05, 4.69) is 5.10 Å². The van der Waals surface area contributed by atoms with E-state index in [0.29, 0.717) is 18.0 Å². The highest BCUT2D eigenvalue weighted by molar-refractivity contribution is 6.31. The van der Waals surface area contributed by atoms with Gasteiger partial charge in [0.1, 0.15) is 5.60 Å². The van der Waals surface area contributed by atoms with Gasteiger partial charge in [0.05, 0.1) is 29.9 Å². The van der Waals surface area contributed by atoms with E-state index in [1.165, 1.54) is 0 Å². The Balaban J connectivity index is 2.47. The number of rotatable bonds is 3. The number of ether oxygens (including phenoxy) is 1. The first-order chi connectivity index (χ1) is 7.29. The molecule has 0 spiro atoms. The van der Waals surface area contributed by atoms with Crippen LogP contribution in [0.5, 0.6) is 0 Å². The highest BCUT2D eigenvalue weighted by Crippen LogP contribution is 2.14. The lowest BCUT2D eigenvalue weighted by Gasteiger charge is -2.19. The summed E-state index contributed by atoms with van der Waals surface area (Å²) in [5, 5.41) is 4.68. The fourth-order valence-electron chi connectivity index (χ4n) is 1.24. The highest BCUT2D eigenvalue weighted by Gasteiger charge is 2.16. The third kappa shape index (κ3) is 3.85. The van der Waals surface area contributed by atoms with Crippen LogP contribution in [0.3, 0.4) is 0 Å². The van der Waals surface area contributed by atoms with E-state index in [1.54, 1.807) is 10.9 Å². The van der Waals surface area contributed by atoms with Gasteiger partial charge in [-0.15, -0.1) is 0 Å². The van der Waals surface area contributed by atoms with Gasteiger partial charge in [0.2, 0.25) is 0 Å². The van der Waals surface area contributed by atoms with Gasteiger partial charge >= 0.3 is 5.97 Å². The van der Waals surface area contributed by atoms with Crippen LogP contribution in [0.4, 0.5) is 0 Å². The molecule has 1 aromatic rings. The van der Waals surface area contributed by atoms with E-state index in [9.17, 15) is 4.79 Å². The number of aryl methyl sites for hydroxylation is 1. The molecule has 0 aliphatic carbocycles. The minimum atomic E-state index is -0.437. The molecule has 0 bridgehead atoms. The van der Waals surface area contributed by atoms with Crippen LogP contribution in [-0.4, -0.2) is 21.4 Å². The maximum atomic E-state index is 11.5. The second-order valence-corrected chi connectivity index (χ2v) is 5.04. The molecule has 0 saturated carbocycles. The molecule has 0 amide bonds. The van der Waals surface area contributed by atoms with Crippen molar-refractivity contribution in [2.45, 2.75) is 46.3 Å². The van der Waals surface area contributed by atoms with Crippen molar-refractivity contribution in [3.05, 3.63) is 16.9 Å². The van der Waals surface area contributed by atoms with Crippen molar-refractivity contribution in [3.8, 4) is 0 Å². The maximum absolute atomic E-state index is 11.5. The first kappa shape index (κ1) is 13.0. The van der Waals surface area contributed by atoms with Crippen LogP contribution in [0.1, 0.15) is 32.9 Å². The number of hydrogen-bond acceptors (Lipinski definition) is 3. The third-order valence-corrected chi connectivity index (χ3v) is 2.36. The van der Waals surface area contributed by atoms with Gasteiger partial charge in [-0.3, -0.25) is 9.48 Å². The fraction of sp³-hybridized carbons (Fsp3) is 0.636. The number of halogens is 1. The van der Waals surface area contributed by atoms with E-state index in [4.69, 9.17) is 16.3 Å². The molecule has 0 fully saturated rings. The van der Waals surface area contributed by atoms with Crippen LogP contribution in [0.2, 0.25) is 5.02 Å². The predicted molar refractivity (Wildman–Crippen MR) is 62.4 cm³/mol. The lowest BCUT2D eigenvalue weighted by Crippen LogP contribution is -2.24. The van der Waals surface area contributed by atoms with E-state index >= 15 is 0 Å². The van der Waals surface area contributed by atoms with Crippen molar-refractivity contribution >= 4 is 17.6 Å². The molecule has 0 aromatic carbocycles. The molecule has 90 valence electrons. The number of aromatic nitrogens is 2. The average molecular weight is 245 g/mol. The quantitative estimate of drug-likeness (QED) is 0.768. The van der Waals surface area contributed by atoms with Crippen molar-refractivity contribution in [1.82, 2.24) is 9.78 Å². The Hall–Kier alpha value is -1.03. The Kier molecular flexibility index (Phi) is 3.97. The van der Waals surface area contributed by atoms with E-state index in [-0.39, 0.29) is 5.97 Å². The maximum Gasteiger partial charge on any atom is 0.308 e. The van der Waals surface area contributed by atoms with Crippen molar-refractivity contribution in [1.29, 1.82) is 0 Å². The minimum absolute atomic E-state index is 0.224. The van der Waals surface area contributed by atoms with Gasteiger partial charge < -0.3 is 4.74 Å². The summed E-state index contributed by atoms with van der Waals surface area (Å²) in [6.45, 7) is 7.90. The predicted octanol–water partition coefficient (Wildman–Crippen LogP) is 2.58. The molecule has 4 nitrogen and oxygen atoms in total. The smallest absolute Gasteiger partial charge is 0.308 e. The number of carbonyl (C=O) groups is 1. The van der Waals surface area contributed by atoms with Crippen molar-refractivity contribution in [3.63, 3.8) is 0 Å². The second-order valence-electron chi connectivity index (χ2n) is 4.64. The molecule has 0 radical (unpaired) electrons. The second kappa shape index (κ2) is 4.87. The lowest BCUT2D eigenvalue weighted by atomic mass is 10.2. The molecular formula is C11H17ClN2O2. The largest absolute Gasteiger partial charge is 0.460 e. The van der Waals surface area contributed by atoms with Crippen LogP contribution in [0, 0.1) is 6.92 Å². The summed E-state index contributed by atoms with van der Waals surface area (Å²) in [6.07, 6.45) is 1.88. The minimum Gasteiger partial charge on any atom is -0.460 e. The standard InChI is InChI=1S/C11H17ClN2O2/c1-8-9(12)7-13-14(8)6-5-10(15)16-11(2,3)4/h7H,5-6H2,1-4H3. The number of nitrogens with zero attached hydrogens (tertiary/aromatic N) is 2. The van der Waals surface area contributed by atoms with Gasteiger partial charge in [0.15, 0.2) is 0 Å². The monoisotopic (exact) mass is 244 g/mol. The fourth-order valence-corrected chi connectivity index (χ4v) is 1.38. The van der Waals surface area contributed by atoms with E-state index in [0.717, 1.165) is 5.69 Å². The van der Waals surface area contributed by atoms with Crippen LogP contribution in [0.25, 0.3) is 0 Å². The first-order valence-corrected chi connectivity index (χ1v) is 5.57. The zero-order valence-electron chi connectivity index (χ0n) is 10.1. The van der Waals surface area contributed by atoms with Crippen LogP contribution in [0.15, 0.2) is 6.20 Å². The topological polar surface area (TPSA) is 44.1 Å². The van der Waals surface area contributed by atoms with Crippen LogP contribution in [-0.2, 0) is 16.1 Å². The molecule has 1 aromatic heterocycles. The molecule has 0 unspecified atom stereocenters. The molecule has 0 saturated heterocycles. The summed E-state index contributed by atoms with van der Waals surface area (Å²) in [4.78, 5) is 11.5. The molecule has 0 N–H and O–H groups in total. The van der Waals surface area contributed by atoms with Crippen molar-refractivity contribution in [2.75, 3.05) is 0 Å². The molecular weight excluding hydrogens is 228 g/mol. The van der Waals surface area contributed by atoms with Crippen molar-refractivity contribution in [2.24, 2.45) is 0 Å². The van der Waals surface area contributed by atoms with Gasteiger partial charge in [-0.25, -0.2) is 0 Å². The normalized spacial score (nSPS) is 11.6. The molecule has 16 heavy (non-hydrogen) atoms. The molecule has 0 aliphatic heterocycles. The number of hydrogen-bond donors (Lipinski definition) is 0. The number of carbonyl (C=O) groups excluding carboxylic acids is 1. The molecule has 1 rings (SSSR count). The lowest BCUT2D eigenvalue weighted by molar-refractivity contribution is -0.155. The zero-order chi connectivity index (χ0) is 12.3. The van der Waals surface area contributed by atoms with Gasteiger partial charge in [-0.2, -0.15) is 5.10 Å². The molecule has 0 aliphatic rings. The van der Waals surface area contributed by atoms with Gasteiger partial charge in [-0.05, 0) is 27.7 Å². The average Bonchev–Trinajstić information content (AvgIpc) is 2.42. The summed E-state index contributed by atoms with van der Waals surface area (Å²) < 4.78 is 6.89. The summed E-state index contributed by atoms with van der Waals surface area (Å²) in [7, 11) is 0. The Morgan fingerprint density at radius 2 is 2.19 bits per heavy atom. The van der Waals surface area contributed by atoms with Crippen LogP contribution < -0.4 is 0 Å². The van der Waals surface area contributed by atoms with Gasteiger partial charge in [-0.1, -0.05) is 11.6 Å². The Morgan fingerprint density at radius 3 is 2.62 bits per heavy atom. The molecule has 0 atom stereocenters.